The summed E-state index contributed by atoms with van der Waals surface area (Å²) in [5.41, 5.74) is 1.15. The van der Waals surface area contributed by atoms with Crippen molar-refractivity contribution in [2.75, 3.05) is 57.7 Å². The standard InChI is InChI=1S/C26H37N7O3/c1-19-23(8-9-24(35)30-19)33-26(36)25-21(18-29-33)6-3-7-22(25)28-11-5-13-32-16-14-31(15-17-32)12-4-10-27-20(2)34/h3,6-7,18,23,28H,1,4-5,8-17H2,2H3,(H,27,34)(H,30,35). The molecule has 36 heavy (non-hydrogen) atoms. The molecule has 0 spiro atoms. The molecule has 3 heterocycles. The zero-order chi connectivity index (χ0) is 25.5. The number of nitrogens with zero attached hydrogens (tertiary/aromatic N) is 4. The number of aromatic nitrogens is 2. The van der Waals surface area contributed by atoms with Crippen molar-refractivity contribution in [1.82, 2.24) is 30.2 Å². The summed E-state index contributed by atoms with van der Waals surface area (Å²) in [4.78, 5) is 40.9. The Morgan fingerprint density at radius 2 is 1.81 bits per heavy atom. The van der Waals surface area contributed by atoms with Gasteiger partial charge in [-0.3, -0.25) is 14.4 Å². The second-order valence-corrected chi connectivity index (χ2v) is 9.59. The van der Waals surface area contributed by atoms with Crippen LogP contribution in [0.5, 0.6) is 0 Å². The number of benzene rings is 1. The molecule has 1 unspecified atom stereocenters. The predicted molar refractivity (Wildman–Crippen MR) is 141 cm³/mol. The third kappa shape index (κ3) is 6.50. The molecule has 1 aromatic heterocycles. The van der Waals surface area contributed by atoms with Crippen molar-refractivity contribution in [3.63, 3.8) is 0 Å². The summed E-state index contributed by atoms with van der Waals surface area (Å²) in [5.74, 6) is -0.0415. The van der Waals surface area contributed by atoms with Gasteiger partial charge in [-0.2, -0.15) is 5.10 Å². The number of rotatable bonds is 10. The number of fused-ring (bicyclic) bond motifs is 1. The Labute approximate surface area is 211 Å². The first kappa shape index (κ1) is 25.8. The summed E-state index contributed by atoms with van der Waals surface area (Å²) in [7, 11) is 0. The fourth-order valence-corrected chi connectivity index (χ4v) is 4.94. The summed E-state index contributed by atoms with van der Waals surface area (Å²) in [6.07, 6.45) is 4.53. The van der Waals surface area contributed by atoms with Gasteiger partial charge in [0, 0.05) is 69.4 Å². The second-order valence-electron chi connectivity index (χ2n) is 9.59. The largest absolute Gasteiger partial charge is 0.384 e. The van der Waals surface area contributed by atoms with Gasteiger partial charge in [0.15, 0.2) is 0 Å². The van der Waals surface area contributed by atoms with Gasteiger partial charge in [-0.1, -0.05) is 18.7 Å². The van der Waals surface area contributed by atoms with Gasteiger partial charge in [0.2, 0.25) is 11.8 Å². The SMILES string of the molecule is C=C1NC(=O)CCC1n1ncc2cccc(NCCCN3CCN(CCCNC(C)=O)CC3)c2c1=O. The summed E-state index contributed by atoms with van der Waals surface area (Å²) in [6.45, 7) is 13.2. The lowest BCUT2D eigenvalue weighted by Crippen LogP contribution is -2.47. The van der Waals surface area contributed by atoms with Crippen LogP contribution in [0.2, 0.25) is 0 Å². The van der Waals surface area contributed by atoms with Crippen molar-refractivity contribution in [1.29, 1.82) is 0 Å². The van der Waals surface area contributed by atoms with Gasteiger partial charge in [-0.25, -0.2) is 4.68 Å². The van der Waals surface area contributed by atoms with Crippen molar-refractivity contribution in [2.45, 2.75) is 38.6 Å². The van der Waals surface area contributed by atoms with Crippen LogP contribution in [0.1, 0.15) is 38.6 Å². The molecule has 10 nitrogen and oxygen atoms in total. The van der Waals surface area contributed by atoms with E-state index in [4.69, 9.17) is 0 Å². The van der Waals surface area contributed by atoms with E-state index >= 15 is 0 Å². The minimum absolute atomic E-state index is 0.0318. The monoisotopic (exact) mass is 495 g/mol. The summed E-state index contributed by atoms with van der Waals surface area (Å²) in [6, 6.07) is 5.43. The predicted octanol–water partition coefficient (Wildman–Crippen LogP) is 1.31. The van der Waals surface area contributed by atoms with Crippen LogP contribution in [0.15, 0.2) is 41.5 Å². The Balaban J connectivity index is 1.28. The molecule has 0 bridgehead atoms. The molecule has 4 rings (SSSR count). The number of carbonyl (C=O) groups is 2. The molecule has 1 aromatic carbocycles. The van der Waals surface area contributed by atoms with Crippen LogP contribution in [-0.4, -0.2) is 83.8 Å². The fraction of sp³-hybridized carbons (Fsp3) is 0.538. The lowest BCUT2D eigenvalue weighted by Gasteiger charge is -2.34. The van der Waals surface area contributed by atoms with E-state index in [0.29, 0.717) is 23.9 Å². The van der Waals surface area contributed by atoms with Crippen LogP contribution in [0.4, 0.5) is 5.69 Å². The molecule has 2 amide bonds. The number of nitrogens with one attached hydrogen (secondary N) is 3. The molecule has 2 saturated heterocycles. The van der Waals surface area contributed by atoms with Crippen LogP contribution >= 0.6 is 0 Å². The molecule has 3 N–H and O–H groups in total. The maximum atomic E-state index is 13.4. The quantitative estimate of drug-likeness (QED) is 0.426. The van der Waals surface area contributed by atoms with Crippen LogP contribution in [0, 0.1) is 0 Å². The van der Waals surface area contributed by atoms with Gasteiger partial charge in [0.1, 0.15) is 0 Å². The Kier molecular flexibility index (Phi) is 8.71. The number of allylic oxidation sites excluding steroid dienone is 1. The highest BCUT2D eigenvalue weighted by Gasteiger charge is 2.26. The Hall–Kier alpha value is -3.24. The smallest absolute Gasteiger partial charge is 0.277 e. The minimum atomic E-state index is -0.336. The van der Waals surface area contributed by atoms with Crippen LogP contribution in [0.3, 0.4) is 0 Å². The van der Waals surface area contributed by atoms with E-state index in [-0.39, 0.29) is 23.4 Å². The van der Waals surface area contributed by atoms with Gasteiger partial charge >= 0.3 is 0 Å². The molecule has 0 radical (unpaired) electrons. The third-order valence-corrected chi connectivity index (χ3v) is 6.94. The number of piperazine rings is 1. The number of piperidine rings is 1. The van der Waals surface area contributed by atoms with E-state index in [1.807, 2.05) is 18.2 Å². The fourth-order valence-electron chi connectivity index (χ4n) is 4.94. The zero-order valence-electron chi connectivity index (χ0n) is 21.1. The first-order valence-corrected chi connectivity index (χ1v) is 12.8. The molecule has 2 aromatic rings. The lowest BCUT2D eigenvalue weighted by atomic mass is 10.0. The highest BCUT2D eigenvalue weighted by atomic mass is 16.2. The maximum absolute atomic E-state index is 13.4. The first-order chi connectivity index (χ1) is 17.4. The molecule has 2 fully saturated rings. The van der Waals surface area contributed by atoms with Crippen molar-refractivity contribution in [3.8, 4) is 0 Å². The van der Waals surface area contributed by atoms with E-state index in [2.05, 4.69) is 37.4 Å². The maximum Gasteiger partial charge on any atom is 0.277 e. The number of amides is 2. The zero-order valence-corrected chi connectivity index (χ0v) is 21.1. The van der Waals surface area contributed by atoms with Crippen molar-refractivity contribution < 1.29 is 9.59 Å². The molecular weight excluding hydrogens is 458 g/mol. The van der Waals surface area contributed by atoms with Gasteiger partial charge in [-0.05, 0) is 38.4 Å². The number of hydrogen-bond donors (Lipinski definition) is 3. The molecule has 2 aliphatic heterocycles. The number of hydrogen-bond acceptors (Lipinski definition) is 7. The molecular formula is C26H37N7O3. The van der Waals surface area contributed by atoms with Gasteiger partial charge < -0.3 is 25.8 Å². The van der Waals surface area contributed by atoms with E-state index in [9.17, 15) is 14.4 Å². The molecule has 1 atom stereocenters. The average molecular weight is 496 g/mol. The van der Waals surface area contributed by atoms with Crippen LogP contribution in [0.25, 0.3) is 10.8 Å². The molecule has 194 valence electrons. The van der Waals surface area contributed by atoms with Gasteiger partial charge in [-0.15, -0.1) is 0 Å². The van der Waals surface area contributed by atoms with E-state index in [1.54, 1.807) is 13.1 Å². The Morgan fingerprint density at radius 3 is 2.47 bits per heavy atom. The molecule has 10 heteroatoms. The lowest BCUT2D eigenvalue weighted by molar-refractivity contribution is -0.122. The summed E-state index contributed by atoms with van der Waals surface area (Å²) in [5, 5.41) is 14.8. The summed E-state index contributed by atoms with van der Waals surface area (Å²) < 4.78 is 1.45. The van der Waals surface area contributed by atoms with Crippen molar-refractivity contribution in [3.05, 3.63) is 47.0 Å². The molecule has 0 aliphatic carbocycles. The van der Waals surface area contributed by atoms with E-state index < -0.39 is 0 Å². The van der Waals surface area contributed by atoms with Crippen LogP contribution < -0.4 is 21.5 Å². The van der Waals surface area contributed by atoms with Gasteiger partial charge in [0.05, 0.1) is 17.6 Å². The highest BCUT2D eigenvalue weighted by Crippen LogP contribution is 2.25. The normalized spacial score (nSPS) is 19.3. The third-order valence-electron chi connectivity index (χ3n) is 6.94. The highest BCUT2D eigenvalue weighted by molar-refractivity contribution is 5.92. The number of carbonyl (C=O) groups excluding carboxylic acids is 2. The van der Waals surface area contributed by atoms with E-state index in [0.717, 1.165) is 76.3 Å². The van der Waals surface area contributed by atoms with E-state index in [1.165, 1.54) is 4.68 Å². The topological polar surface area (TPSA) is 112 Å². The summed E-state index contributed by atoms with van der Waals surface area (Å²) >= 11 is 0. The Morgan fingerprint density at radius 1 is 1.11 bits per heavy atom. The van der Waals surface area contributed by atoms with Gasteiger partial charge in [0.25, 0.3) is 5.56 Å². The molecule has 2 aliphatic rings. The van der Waals surface area contributed by atoms with Crippen molar-refractivity contribution in [2.24, 2.45) is 0 Å². The first-order valence-electron chi connectivity index (χ1n) is 12.8. The minimum Gasteiger partial charge on any atom is -0.384 e. The second kappa shape index (κ2) is 12.1. The molecule has 0 saturated carbocycles. The van der Waals surface area contributed by atoms with Crippen molar-refractivity contribution >= 4 is 28.3 Å². The number of anilines is 1. The van der Waals surface area contributed by atoms with Crippen LogP contribution in [-0.2, 0) is 9.59 Å². The average Bonchev–Trinajstić information content (AvgIpc) is 2.86. The Bertz CT molecular complexity index is 1150.